The van der Waals surface area contributed by atoms with E-state index in [1.54, 1.807) is 6.08 Å². The topological polar surface area (TPSA) is 37.4 Å². The van der Waals surface area contributed by atoms with Crippen molar-refractivity contribution in [3.8, 4) is 12.3 Å². The van der Waals surface area contributed by atoms with Crippen LogP contribution in [-0.4, -0.2) is 22.6 Å². The number of hydrogen-bond donors (Lipinski definition) is 0. The molecule has 0 aliphatic carbocycles. The average Bonchev–Trinajstić information content (AvgIpc) is 2.60. The Hall–Kier alpha value is -2.06. The minimum Gasteiger partial charge on any atom is -0.268 e. The van der Waals surface area contributed by atoms with E-state index in [0.29, 0.717) is 10.5 Å². The van der Waals surface area contributed by atoms with Gasteiger partial charge in [0.2, 0.25) is 0 Å². The Kier molecular flexibility index (Phi) is 3.49. The molecule has 1 saturated heterocycles. The van der Waals surface area contributed by atoms with Crippen LogP contribution in [-0.2, 0) is 4.79 Å². The first kappa shape index (κ1) is 12.4. The molecule has 3 nitrogen and oxygen atoms in total. The number of amides is 2. The number of nitrogens with zero attached hydrogens (tertiary/aromatic N) is 1. The summed E-state index contributed by atoms with van der Waals surface area (Å²) in [5, 5.41) is -0.383. The van der Waals surface area contributed by atoms with Gasteiger partial charge in [-0.05, 0) is 35.5 Å². The van der Waals surface area contributed by atoms with Gasteiger partial charge in [0, 0.05) is 0 Å². The van der Waals surface area contributed by atoms with Crippen molar-refractivity contribution in [1.29, 1.82) is 0 Å². The lowest BCUT2D eigenvalue weighted by molar-refractivity contribution is -0.122. The van der Waals surface area contributed by atoms with E-state index in [1.807, 2.05) is 0 Å². The van der Waals surface area contributed by atoms with E-state index in [0.717, 1.165) is 16.7 Å². The van der Waals surface area contributed by atoms with Crippen molar-refractivity contribution in [2.45, 2.75) is 0 Å². The molecule has 1 aliphatic rings. The molecule has 5 heteroatoms. The van der Waals surface area contributed by atoms with Crippen LogP contribution in [0.25, 0.3) is 6.08 Å². The lowest BCUT2D eigenvalue weighted by atomic mass is 10.2. The van der Waals surface area contributed by atoms with Crippen LogP contribution in [0.3, 0.4) is 0 Å². The van der Waals surface area contributed by atoms with Gasteiger partial charge in [0.1, 0.15) is 5.82 Å². The van der Waals surface area contributed by atoms with Gasteiger partial charge in [0.05, 0.1) is 11.4 Å². The molecular weight excluding hydrogens is 253 g/mol. The first-order valence-electron chi connectivity index (χ1n) is 5.06. The van der Waals surface area contributed by atoms with E-state index >= 15 is 0 Å². The lowest BCUT2D eigenvalue weighted by Gasteiger charge is -2.06. The average molecular weight is 261 g/mol. The van der Waals surface area contributed by atoms with E-state index in [9.17, 15) is 14.0 Å². The second-order valence-electron chi connectivity index (χ2n) is 3.52. The number of terminal acetylenes is 1. The van der Waals surface area contributed by atoms with E-state index < -0.39 is 5.91 Å². The molecule has 0 aromatic heterocycles. The number of benzene rings is 1. The number of imide groups is 1. The fraction of sp³-hybridized carbons (Fsp3) is 0.0769. The Morgan fingerprint density at radius 2 is 2.00 bits per heavy atom. The molecule has 0 spiro atoms. The largest absolute Gasteiger partial charge is 0.294 e. The molecule has 0 saturated carbocycles. The summed E-state index contributed by atoms with van der Waals surface area (Å²) in [7, 11) is 0. The number of carbonyl (C=O) groups excluding carboxylic acids is 2. The van der Waals surface area contributed by atoms with Gasteiger partial charge in [-0.2, -0.15) is 0 Å². The van der Waals surface area contributed by atoms with Gasteiger partial charge in [-0.25, -0.2) is 4.39 Å². The molecule has 0 bridgehead atoms. The van der Waals surface area contributed by atoms with Crippen LogP contribution >= 0.6 is 11.8 Å². The number of hydrogen-bond acceptors (Lipinski definition) is 3. The molecule has 2 rings (SSSR count). The van der Waals surface area contributed by atoms with E-state index in [-0.39, 0.29) is 17.6 Å². The van der Waals surface area contributed by atoms with Gasteiger partial charge < -0.3 is 0 Å². The van der Waals surface area contributed by atoms with Crippen LogP contribution in [0.4, 0.5) is 9.18 Å². The van der Waals surface area contributed by atoms with Gasteiger partial charge in [-0.3, -0.25) is 14.5 Å². The molecule has 1 aromatic rings. The third-order valence-corrected chi connectivity index (χ3v) is 3.20. The van der Waals surface area contributed by atoms with E-state index in [4.69, 9.17) is 6.42 Å². The molecule has 90 valence electrons. The number of rotatable bonds is 2. The second-order valence-corrected chi connectivity index (χ2v) is 4.52. The van der Waals surface area contributed by atoms with Crippen molar-refractivity contribution >= 4 is 29.0 Å². The highest BCUT2D eigenvalue weighted by molar-refractivity contribution is 8.18. The standard InChI is InChI=1S/C13H8FNO2S/c1-2-7-15-12(16)11(18-13(15)17)8-9-3-5-10(14)6-4-9/h1,3-6,8H,7H2. The van der Waals surface area contributed by atoms with Crippen molar-refractivity contribution in [1.82, 2.24) is 4.90 Å². The zero-order chi connectivity index (χ0) is 13.1. The molecule has 1 aromatic carbocycles. The maximum absolute atomic E-state index is 12.7. The quantitative estimate of drug-likeness (QED) is 0.606. The highest BCUT2D eigenvalue weighted by Gasteiger charge is 2.34. The molecule has 18 heavy (non-hydrogen) atoms. The van der Waals surface area contributed by atoms with Crippen LogP contribution in [0, 0.1) is 18.2 Å². The summed E-state index contributed by atoms with van der Waals surface area (Å²) in [6.07, 6.45) is 6.62. The zero-order valence-electron chi connectivity index (χ0n) is 9.22. The molecule has 1 heterocycles. The summed E-state index contributed by atoms with van der Waals surface area (Å²) in [4.78, 5) is 24.6. The second kappa shape index (κ2) is 5.07. The van der Waals surface area contributed by atoms with Gasteiger partial charge >= 0.3 is 0 Å². The van der Waals surface area contributed by atoms with Gasteiger partial charge in [0.25, 0.3) is 11.1 Å². The SMILES string of the molecule is C#CCN1C(=O)SC(=Cc2ccc(F)cc2)C1=O. The summed E-state index contributed by atoms with van der Waals surface area (Å²) in [5.41, 5.74) is 0.655. The number of thioether (sulfide) groups is 1. The van der Waals surface area contributed by atoms with Crippen molar-refractivity contribution in [2.75, 3.05) is 6.54 Å². The summed E-state index contributed by atoms with van der Waals surface area (Å²) in [6.45, 7) is -0.0363. The van der Waals surface area contributed by atoms with E-state index in [2.05, 4.69) is 5.92 Å². The predicted molar refractivity (Wildman–Crippen MR) is 67.9 cm³/mol. The van der Waals surface area contributed by atoms with E-state index in [1.165, 1.54) is 24.3 Å². The van der Waals surface area contributed by atoms with Crippen LogP contribution in [0.1, 0.15) is 5.56 Å². The van der Waals surface area contributed by atoms with Crippen molar-refractivity contribution in [3.05, 3.63) is 40.6 Å². The Morgan fingerprint density at radius 1 is 1.33 bits per heavy atom. The summed E-state index contributed by atoms with van der Waals surface area (Å²) >= 11 is 0.830. The maximum atomic E-state index is 12.7. The van der Waals surface area contributed by atoms with Crippen LogP contribution < -0.4 is 0 Å². The fourth-order valence-electron chi connectivity index (χ4n) is 1.44. The van der Waals surface area contributed by atoms with Crippen molar-refractivity contribution in [3.63, 3.8) is 0 Å². The molecule has 1 aliphatic heterocycles. The third-order valence-electron chi connectivity index (χ3n) is 2.29. The maximum Gasteiger partial charge on any atom is 0.294 e. The Balaban J connectivity index is 2.25. The molecule has 0 unspecified atom stereocenters. The molecule has 0 atom stereocenters. The minimum atomic E-state index is -0.410. The molecule has 1 fully saturated rings. The monoisotopic (exact) mass is 261 g/mol. The summed E-state index contributed by atoms with van der Waals surface area (Å²) < 4.78 is 12.7. The van der Waals surface area contributed by atoms with Gasteiger partial charge in [-0.1, -0.05) is 18.1 Å². The summed E-state index contributed by atoms with van der Waals surface area (Å²) in [6, 6.07) is 5.64. The first-order chi connectivity index (χ1) is 8.61. The van der Waals surface area contributed by atoms with Crippen LogP contribution in [0.15, 0.2) is 29.2 Å². The van der Waals surface area contributed by atoms with Gasteiger partial charge in [-0.15, -0.1) is 6.42 Å². The minimum absolute atomic E-state index is 0.0363. The summed E-state index contributed by atoms with van der Waals surface area (Å²) in [5.74, 6) is 1.49. The third kappa shape index (κ3) is 2.44. The molecule has 2 amide bonds. The smallest absolute Gasteiger partial charge is 0.268 e. The highest BCUT2D eigenvalue weighted by atomic mass is 32.2. The van der Waals surface area contributed by atoms with Crippen LogP contribution in [0.2, 0.25) is 0 Å². The first-order valence-corrected chi connectivity index (χ1v) is 5.88. The van der Waals surface area contributed by atoms with Gasteiger partial charge in [0.15, 0.2) is 0 Å². The lowest BCUT2D eigenvalue weighted by Crippen LogP contribution is -2.28. The number of carbonyl (C=O) groups is 2. The van der Waals surface area contributed by atoms with Crippen LogP contribution in [0.5, 0.6) is 0 Å². The molecular formula is C13H8FNO2S. The predicted octanol–water partition coefficient (Wildman–Crippen LogP) is 2.50. The normalized spacial score (nSPS) is 17.3. The molecule has 0 radical (unpaired) electrons. The number of halogens is 1. The zero-order valence-corrected chi connectivity index (χ0v) is 10.0. The Bertz CT molecular complexity index is 572. The Labute approximate surface area is 108 Å². The fourth-order valence-corrected chi connectivity index (χ4v) is 2.28. The Morgan fingerprint density at radius 3 is 2.61 bits per heavy atom. The van der Waals surface area contributed by atoms with Crippen molar-refractivity contribution < 1.29 is 14.0 Å². The molecule has 0 N–H and O–H groups in total. The van der Waals surface area contributed by atoms with Crippen molar-refractivity contribution in [2.24, 2.45) is 0 Å². The highest BCUT2D eigenvalue weighted by Crippen LogP contribution is 2.31.